The summed E-state index contributed by atoms with van der Waals surface area (Å²) < 4.78 is 20.8. The van der Waals surface area contributed by atoms with Crippen molar-refractivity contribution in [3.8, 4) is 5.75 Å². The molecule has 5 fully saturated rings. The molecule has 0 aliphatic heterocycles. The van der Waals surface area contributed by atoms with Crippen LogP contribution < -0.4 is 10.1 Å². The average Bonchev–Trinajstić information content (AvgIpc) is 3.11. The van der Waals surface area contributed by atoms with Crippen molar-refractivity contribution in [2.24, 2.45) is 29.1 Å². The predicted octanol–water partition coefficient (Wildman–Crippen LogP) is 5.74. The van der Waals surface area contributed by atoms with Gasteiger partial charge in [-0.05, 0) is 75.2 Å². The molecule has 29 heavy (non-hydrogen) atoms. The zero-order valence-corrected chi connectivity index (χ0v) is 17.4. The lowest BCUT2D eigenvalue weighted by Crippen LogP contribution is -2.48. The molecule has 2 N–H and O–H groups in total. The lowest BCUT2D eigenvalue weighted by atomic mass is 9.50. The smallest absolute Gasteiger partial charge is 0.308 e. The van der Waals surface area contributed by atoms with E-state index in [2.05, 4.69) is 5.32 Å². The van der Waals surface area contributed by atoms with E-state index in [9.17, 15) is 14.3 Å². The Morgan fingerprint density at radius 1 is 1.17 bits per heavy atom. The molecule has 4 nitrogen and oxygen atoms in total. The van der Waals surface area contributed by atoms with E-state index < -0.39 is 17.7 Å². The molecule has 2 atom stereocenters. The Morgan fingerprint density at radius 2 is 1.83 bits per heavy atom. The van der Waals surface area contributed by atoms with E-state index in [1.165, 1.54) is 44.6 Å². The lowest BCUT2D eigenvalue weighted by molar-refractivity contribution is -0.141. The van der Waals surface area contributed by atoms with Gasteiger partial charge in [-0.3, -0.25) is 4.79 Å². The zero-order valence-electron chi connectivity index (χ0n) is 16.6. The van der Waals surface area contributed by atoms with Crippen LogP contribution in [0.2, 0.25) is 5.02 Å². The maximum Gasteiger partial charge on any atom is 0.308 e. The molecule has 6 heteroatoms. The van der Waals surface area contributed by atoms with Crippen molar-refractivity contribution in [3.63, 3.8) is 0 Å². The molecule has 5 aliphatic carbocycles. The van der Waals surface area contributed by atoms with Crippen LogP contribution in [-0.4, -0.2) is 23.7 Å². The van der Waals surface area contributed by atoms with Gasteiger partial charge < -0.3 is 15.2 Å². The number of carboxylic acids is 1. The summed E-state index contributed by atoms with van der Waals surface area (Å²) in [6, 6.07) is 2.64. The first-order valence-corrected chi connectivity index (χ1v) is 11.4. The third kappa shape index (κ3) is 3.71. The van der Waals surface area contributed by atoms with Gasteiger partial charge >= 0.3 is 5.97 Å². The topological polar surface area (TPSA) is 58.6 Å². The maximum atomic E-state index is 14.7. The highest BCUT2D eigenvalue weighted by atomic mass is 35.5. The second-order valence-corrected chi connectivity index (χ2v) is 10.5. The van der Waals surface area contributed by atoms with Crippen LogP contribution in [0.1, 0.15) is 57.8 Å². The number of halogens is 2. The first kappa shape index (κ1) is 19.5. The Labute approximate surface area is 176 Å². The molecule has 0 spiro atoms. The Kier molecular flexibility index (Phi) is 4.92. The summed E-state index contributed by atoms with van der Waals surface area (Å²) in [5, 5.41) is 12.8. The molecule has 1 aromatic rings. The van der Waals surface area contributed by atoms with Gasteiger partial charge in [-0.1, -0.05) is 18.0 Å². The number of rotatable bonds is 6. The van der Waals surface area contributed by atoms with Crippen molar-refractivity contribution in [1.82, 2.24) is 0 Å². The SMILES string of the molecule is O=C(O)C1CCCC1Nc1cc(Cl)c(OCC23CC4CC(CC(C4)C2)C3)cc1F. The maximum absolute atomic E-state index is 14.7. The summed E-state index contributed by atoms with van der Waals surface area (Å²) >= 11 is 6.42. The number of anilines is 1. The number of benzene rings is 1. The first-order chi connectivity index (χ1) is 13.9. The van der Waals surface area contributed by atoms with Crippen molar-refractivity contribution in [1.29, 1.82) is 0 Å². The van der Waals surface area contributed by atoms with Crippen LogP contribution in [0.3, 0.4) is 0 Å². The standard InChI is InChI=1S/C23H29ClFNO3/c24-17-7-20(26-19-3-1-2-16(19)22(27)28)18(25)8-21(17)29-12-23-9-13-4-14(10-23)6-15(5-13)11-23/h7-8,13-16,19,26H,1-6,9-12H2,(H,27,28). The van der Waals surface area contributed by atoms with Gasteiger partial charge in [-0.15, -0.1) is 0 Å². The number of nitrogens with one attached hydrogen (secondary N) is 1. The number of carboxylic acid groups (broad SMARTS) is 1. The minimum Gasteiger partial charge on any atom is -0.491 e. The molecular formula is C23H29ClFNO3. The highest BCUT2D eigenvalue weighted by Crippen LogP contribution is 2.60. The zero-order chi connectivity index (χ0) is 20.2. The second kappa shape index (κ2) is 7.33. The molecule has 0 radical (unpaired) electrons. The van der Waals surface area contributed by atoms with E-state index in [1.54, 1.807) is 6.07 Å². The van der Waals surface area contributed by atoms with Gasteiger partial charge in [0.2, 0.25) is 0 Å². The first-order valence-electron chi connectivity index (χ1n) is 11.0. The van der Waals surface area contributed by atoms with Crippen molar-refractivity contribution < 1.29 is 19.0 Å². The molecule has 5 aliphatic rings. The summed E-state index contributed by atoms with van der Waals surface area (Å²) in [7, 11) is 0. The predicted molar refractivity (Wildman–Crippen MR) is 110 cm³/mol. The van der Waals surface area contributed by atoms with Crippen LogP contribution in [0.4, 0.5) is 10.1 Å². The Morgan fingerprint density at radius 3 is 2.45 bits per heavy atom. The average molecular weight is 422 g/mol. The van der Waals surface area contributed by atoms with E-state index in [0.717, 1.165) is 30.6 Å². The fourth-order valence-electron chi connectivity index (χ4n) is 7.08. The van der Waals surface area contributed by atoms with Crippen LogP contribution in [0.15, 0.2) is 12.1 Å². The molecule has 0 aromatic heterocycles. The molecule has 4 bridgehead atoms. The summed E-state index contributed by atoms with van der Waals surface area (Å²) in [6.07, 6.45) is 10.0. The fraction of sp³-hybridized carbons (Fsp3) is 0.696. The Hall–Kier alpha value is -1.49. The van der Waals surface area contributed by atoms with Crippen molar-refractivity contribution >= 4 is 23.3 Å². The van der Waals surface area contributed by atoms with Crippen LogP contribution >= 0.6 is 11.6 Å². The molecule has 0 amide bonds. The summed E-state index contributed by atoms with van der Waals surface area (Å²) in [6.45, 7) is 0.617. The van der Waals surface area contributed by atoms with E-state index >= 15 is 0 Å². The second-order valence-electron chi connectivity index (χ2n) is 10.1. The summed E-state index contributed by atoms with van der Waals surface area (Å²) in [5.74, 6) is 1.17. The van der Waals surface area contributed by atoms with Gasteiger partial charge in [0.15, 0.2) is 0 Å². The number of hydrogen-bond acceptors (Lipinski definition) is 3. The Balaban J connectivity index is 1.27. The highest BCUT2D eigenvalue weighted by molar-refractivity contribution is 6.32. The third-order valence-corrected chi connectivity index (χ3v) is 8.19. The van der Waals surface area contributed by atoms with Crippen molar-refractivity contribution in [3.05, 3.63) is 23.0 Å². The number of aliphatic carboxylic acids is 1. The third-order valence-electron chi connectivity index (χ3n) is 7.89. The molecule has 1 aromatic carbocycles. The lowest BCUT2D eigenvalue weighted by Gasteiger charge is -2.56. The van der Waals surface area contributed by atoms with Gasteiger partial charge in [0, 0.05) is 17.5 Å². The largest absolute Gasteiger partial charge is 0.491 e. The van der Waals surface area contributed by atoms with Crippen molar-refractivity contribution in [2.75, 3.05) is 11.9 Å². The normalized spacial score (nSPS) is 37.7. The fourth-order valence-corrected chi connectivity index (χ4v) is 7.29. The number of hydrogen-bond donors (Lipinski definition) is 2. The Bertz CT molecular complexity index is 778. The quantitative estimate of drug-likeness (QED) is 0.614. The molecule has 0 heterocycles. The van der Waals surface area contributed by atoms with Gasteiger partial charge in [-0.25, -0.2) is 4.39 Å². The van der Waals surface area contributed by atoms with Crippen LogP contribution in [0.5, 0.6) is 5.75 Å². The molecule has 0 saturated heterocycles. The highest BCUT2D eigenvalue weighted by Gasteiger charge is 2.51. The van der Waals surface area contributed by atoms with Crippen molar-refractivity contribution in [2.45, 2.75) is 63.8 Å². The molecule has 2 unspecified atom stereocenters. The minimum absolute atomic E-state index is 0.240. The van der Waals surface area contributed by atoms with E-state index in [4.69, 9.17) is 16.3 Å². The molecule has 158 valence electrons. The summed E-state index contributed by atoms with van der Waals surface area (Å²) in [5.41, 5.74) is 0.500. The van der Waals surface area contributed by atoms with Crippen LogP contribution in [0.25, 0.3) is 0 Å². The minimum atomic E-state index is -0.831. The molecule has 5 saturated carbocycles. The van der Waals surface area contributed by atoms with Crippen LogP contribution in [-0.2, 0) is 4.79 Å². The van der Waals surface area contributed by atoms with E-state index in [0.29, 0.717) is 23.8 Å². The van der Waals surface area contributed by atoms with Gasteiger partial charge in [0.25, 0.3) is 0 Å². The number of ether oxygens (including phenoxy) is 1. The molecular weight excluding hydrogens is 393 g/mol. The van der Waals surface area contributed by atoms with Gasteiger partial charge in [0.1, 0.15) is 11.6 Å². The number of carbonyl (C=O) groups is 1. The van der Waals surface area contributed by atoms with E-state index in [1.807, 2.05) is 0 Å². The molecule has 6 rings (SSSR count). The monoisotopic (exact) mass is 421 g/mol. The van der Waals surface area contributed by atoms with Gasteiger partial charge in [-0.2, -0.15) is 0 Å². The van der Waals surface area contributed by atoms with Gasteiger partial charge in [0.05, 0.1) is 23.2 Å². The van der Waals surface area contributed by atoms with Crippen LogP contribution in [0, 0.1) is 34.9 Å². The summed E-state index contributed by atoms with van der Waals surface area (Å²) in [4.78, 5) is 11.4. The van der Waals surface area contributed by atoms with E-state index in [-0.39, 0.29) is 17.1 Å².